The quantitative estimate of drug-likeness (QED) is 0.386. The van der Waals surface area contributed by atoms with Crippen LogP contribution >= 0.6 is 27.7 Å². The van der Waals surface area contributed by atoms with Gasteiger partial charge in [-0.1, -0.05) is 43.3 Å². The fraction of sp³-hybridized carbons (Fsp3) is 0.115. The van der Waals surface area contributed by atoms with Crippen molar-refractivity contribution in [3.05, 3.63) is 98.4 Å². The smallest absolute Gasteiger partial charge is 0.264 e. The van der Waals surface area contributed by atoms with Gasteiger partial charge in [0.15, 0.2) is 5.17 Å². The van der Waals surface area contributed by atoms with Crippen LogP contribution in [0.4, 0.5) is 5.69 Å². The van der Waals surface area contributed by atoms with Gasteiger partial charge in [-0.2, -0.15) is 5.26 Å². The fourth-order valence-corrected chi connectivity index (χ4v) is 4.54. The summed E-state index contributed by atoms with van der Waals surface area (Å²) in [5.74, 6) is 0.486. The highest BCUT2D eigenvalue weighted by Gasteiger charge is 2.24. The molecule has 3 aromatic carbocycles. The highest BCUT2D eigenvalue weighted by atomic mass is 79.9. The molecular formula is C26H20BrN3O2S. The van der Waals surface area contributed by atoms with E-state index in [4.69, 9.17) is 4.74 Å². The van der Waals surface area contributed by atoms with Crippen LogP contribution < -0.4 is 10.1 Å². The summed E-state index contributed by atoms with van der Waals surface area (Å²) in [6, 6.07) is 23.1. The number of rotatable bonds is 6. The molecule has 0 atom stereocenters. The molecule has 0 unspecified atom stereocenters. The van der Waals surface area contributed by atoms with Gasteiger partial charge in [0.2, 0.25) is 0 Å². The van der Waals surface area contributed by atoms with Gasteiger partial charge in [-0.15, -0.1) is 0 Å². The summed E-state index contributed by atoms with van der Waals surface area (Å²) in [5, 5.41) is 12.6. The fourth-order valence-electron chi connectivity index (χ4n) is 3.19. The zero-order valence-corrected chi connectivity index (χ0v) is 20.2. The first-order valence-electron chi connectivity index (χ1n) is 10.3. The van der Waals surface area contributed by atoms with E-state index in [2.05, 4.69) is 39.2 Å². The van der Waals surface area contributed by atoms with Crippen molar-refractivity contribution >= 4 is 50.5 Å². The van der Waals surface area contributed by atoms with Crippen molar-refractivity contribution in [2.75, 3.05) is 0 Å². The maximum absolute atomic E-state index is 12.4. The number of halogens is 1. The molecule has 1 aliphatic heterocycles. The molecule has 1 aliphatic rings. The Morgan fingerprint density at radius 2 is 1.94 bits per heavy atom. The lowest BCUT2D eigenvalue weighted by Gasteiger charge is -2.10. The molecule has 3 aromatic rings. The topological polar surface area (TPSA) is 74.5 Å². The van der Waals surface area contributed by atoms with Crippen molar-refractivity contribution in [1.29, 1.82) is 5.26 Å². The number of amides is 1. The van der Waals surface area contributed by atoms with Crippen LogP contribution in [0.15, 0.2) is 81.1 Å². The minimum atomic E-state index is -0.173. The van der Waals surface area contributed by atoms with E-state index in [0.717, 1.165) is 27.7 Å². The number of hydrogen-bond donors (Lipinski definition) is 1. The Morgan fingerprint density at radius 1 is 1.15 bits per heavy atom. The molecule has 0 radical (unpaired) electrons. The van der Waals surface area contributed by atoms with Gasteiger partial charge in [-0.25, -0.2) is 4.99 Å². The van der Waals surface area contributed by atoms with E-state index in [1.165, 1.54) is 17.3 Å². The van der Waals surface area contributed by atoms with Crippen LogP contribution in [0, 0.1) is 11.3 Å². The van der Waals surface area contributed by atoms with Crippen LogP contribution in [0.5, 0.6) is 5.75 Å². The van der Waals surface area contributed by atoms with Gasteiger partial charge in [0.25, 0.3) is 5.91 Å². The molecule has 0 aromatic heterocycles. The normalized spacial score (nSPS) is 15.5. The zero-order valence-electron chi connectivity index (χ0n) is 17.8. The van der Waals surface area contributed by atoms with E-state index < -0.39 is 0 Å². The van der Waals surface area contributed by atoms with Gasteiger partial charge in [0.05, 0.1) is 26.7 Å². The molecule has 5 nitrogen and oxygen atoms in total. The number of hydrogen-bond acceptors (Lipinski definition) is 5. The number of amidine groups is 1. The summed E-state index contributed by atoms with van der Waals surface area (Å²) in [4.78, 5) is 17.5. The average molecular weight is 518 g/mol. The summed E-state index contributed by atoms with van der Waals surface area (Å²) < 4.78 is 6.65. The van der Waals surface area contributed by atoms with Crippen molar-refractivity contribution < 1.29 is 9.53 Å². The van der Waals surface area contributed by atoms with Crippen LogP contribution in [-0.4, -0.2) is 11.1 Å². The standard InChI is InChI=1S/C26H20BrN3O2S/c1-2-17-7-10-21(11-8-17)29-26-30-25(31)24(33-26)14-18-9-12-23(22(27)13-18)32-16-20-6-4-3-5-19(20)15-28/h3-14H,2,16H2,1H3,(H,29,30,31)/b24-14-. The predicted molar refractivity (Wildman–Crippen MR) is 136 cm³/mol. The molecule has 33 heavy (non-hydrogen) atoms. The Labute approximate surface area is 205 Å². The third-order valence-electron chi connectivity index (χ3n) is 5.00. The number of thioether (sulfide) groups is 1. The van der Waals surface area contributed by atoms with E-state index in [-0.39, 0.29) is 5.91 Å². The van der Waals surface area contributed by atoms with Gasteiger partial charge in [0, 0.05) is 5.56 Å². The molecule has 4 rings (SSSR count). The van der Waals surface area contributed by atoms with Crippen molar-refractivity contribution in [3.63, 3.8) is 0 Å². The van der Waals surface area contributed by atoms with Crippen molar-refractivity contribution in [2.24, 2.45) is 4.99 Å². The van der Waals surface area contributed by atoms with Crippen molar-refractivity contribution in [2.45, 2.75) is 20.0 Å². The molecule has 1 saturated heterocycles. The Balaban J connectivity index is 1.45. The first kappa shape index (κ1) is 22.8. The molecule has 0 bridgehead atoms. The van der Waals surface area contributed by atoms with Gasteiger partial charge >= 0.3 is 0 Å². The number of nitriles is 1. The van der Waals surface area contributed by atoms with E-state index in [9.17, 15) is 10.1 Å². The van der Waals surface area contributed by atoms with E-state index in [0.29, 0.717) is 28.0 Å². The Morgan fingerprint density at radius 3 is 2.67 bits per heavy atom. The molecule has 1 heterocycles. The molecule has 0 aliphatic carbocycles. The van der Waals surface area contributed by atoms with Crippen LogP contribution in [0.1, 0.15) is 29.2 Å². The maximum Gasteiger partial charge on any atom is 0.264 e. The number of aliphatic imine (C=N–C) groups is 1. The Bertz CT molecular complexity index is 1290. The van der Waals surface area contributed by atoms with Crippen molar-refractivity contribution in [1.82, 2.24) is 5.32 Å². The lowest BCUT2D eigenvalue weighted by molar-refractivity contribution is -0.115. The SMILES string of the molecule is CCc1ccc(N=C2NC(=O)/C(=C/c3ccc(OCc4ccccc4C#N)c(Br)c3)S2)cc1. The maximum atomic E-state index is 12.4. The second-order valence-electron chi connectivity index (χ2n) is 7.25. The third kappa shape index (κ3) is 5.72. The molecule has 1 amide bonds. The van der Waals surface area contributed by atoms with Gasteiger partial charge in [0.1, 0.15) is 12.4 Å². The molecule has 164 valence electrons. The Hall–Kier alpha value is -3.34. The second kappa shape index (κ2) is 10.5. The molecule has 0 spiro atoms. The summed E-state index contributed by atoms with van der Waals surface area (Å²) in [6.07, 6.45) is 2.80. The van der Waals surface area contributed by atoms with E-state index >= 15 is 0 Å². The molecule has 7 heteroatoms. The van der Waals surface area contributed by atoms with Crippen LogP contribution in [-0.2, 0) is 17.8 Å². The lowest BCUT2D eigenvalue weighted by atomic mass is 10.1. The molecule has 0 saturated carbocycles. The highest BCUT2D eigenvalue weighted by molar-refractivity contribution is 9.10. The van der Waals surface area contributed by atoms with E-state index in [1.807, 2.05) is 66.7 Å². The minimum Gasteiger partial charge on any atom is -0.488 e. The highest BCUT2D eigenvalue weighted by Crippen LogP contribution is 2.31. The number of carbonyl (C=O) groups excluding carboxylic acids is 1. The number of carbonyl (C=O) groups is 1. The van der Waals surface area contributed by atoms with Gasteiger partial charge < -0.3 is 10.1 Å². The lowest BCUT2D eigenvalue weighted by Crippen LogP contribution is -2.19. The first-order chi connectivity index (χ1) is 16.1. The number of nitrogens with one attached hydrogen (secondary N) is 1. The Kier molecular flexibility index (Phi) is 7.28. The number of ether oxygens (including phenoxy) is 1. The summed E-state index contributed by atoms with van der Waals surface area (Å²) >= 11 is 4.85. The second-order valence-corrected chi connectivity index (χ2v) is 9.13. The predicted octanol–water partition coefficient (Wildman–Crippen LogP) is 6.35. The van der Waals surface area contributed by atoms with Crippen LogP contribution in [0.3, 0.4) is 0 Å². The van der Waals surface area contributed by atoms with Crippen LogP contribution in [0.25, 0.3) is 6.08 Å². The summed E-state index contributed by atoms with van der Waals surface area (Å²) in [6.45, 7) is 2.40. The molecule has 1 N–H and O–H groups in total. The largest absolute Gasteiger partial charge is 0.488 e. The number of benzene rings is 3. The van der Waals surface area contributed by atoms with Gasteiger partial charge in [-0.3, -0.25) is 4.79 Å². The third-order valence-corrected chi connectivity index (χ3v) is 6.53. The average Bonchev–Trinajstić information content (AvgIpc) is 3.17. The molecule has 1 fully saturated rings. The zero-order chi connectivity index (χ0) is 23.2. The minimum absolute atomic E-state index is 0.173. The first-order valence-corrected chi connectivity index (χ1v) is 12.0. The summed E-state index contributed by atoms with van der Waals surface area (Å²) in [5.41, 5.74) is 4.33. The van der Waals surface area contributed by atoms with Crippen molar-refractivity contribution in [3.8, 4) is 11.8 Å². The van der Waals surface area contributed by atoms with E-state index in [1.54, 1.807) is 6.07 Å². The van der Waals surface area contributed by atoms with Crippen LogP contribution in [0.2, 0.25) is 0 Å². The van der Waals surface area contributed by atoms with Gasteiger partial charge in [-0.05, 0) is 81.6 Å². The number of nitrogens with zero attached hydrogens (tertiary/aromatic N) is 2. The molecular weight excluding hydrogens is 498 g/mol. The monoisotopic (exact) mass is 517 g/mol. The summed E-state index contributed by atoms with van der Waals surface area (Å²) in [7, 11) is 0. The number of aryl methyl sites for hydroxylation is 1.